The molecular formula is C36H80N8O7Si2. The molecule has 5 unspecified atom stereocenters. The van der Waals surface area contributed by atoms with Crippen LogP contribution in [0.5, 0.6) is 0 Å². The van der Waals surface area contributed by atoms with Crippen LogP contribution in [-0.2, 0) is 13.6 Å². The van der Waals surface area contributed by atoms with Crippen LogP contribution in [0, 0.1) is 0 Å². The molecule has 10 N–H and O–H groups in total. The van der Waals surface area contributed by atoms with Gasteiger partial charge in [-0.15, -0.1) is 0 Å². The molecule has 0 saturated carbocycles. The summed E-state index contributed by atoms with van der Waals surface area (Å²) in [6, 6.07) is 0.441. The molecule has 0 fully saturated rings. The molecule has 0 aromatic rings. The molecule has 0 aromatic carbocycles. The Balaban J connectivity index is 0. The normalized spacial score (nSPS) is 14.2. The molecule has 0 rings (SSSR count). The number of carbonyl (C=O) groups excluding carboxylic acids is 4. The van der Waals surface area contributed by atoms with Gasteiger partial charge in [0.15, 0.2) is 0 Å². The Bertz CT molecular complexity index is 993. The molecule has 53 heavy (non-hydrogen) atoms. The molecule has 0 aliphatic carbocycles. The lowest BCUT2D eigenvalue weighted by Crippen LogP contribution is -2.52. The first-order valence-electron chi connectivity index (χ1n) is 19.8. The first-order chi connectivity index (χ1) is 24.7. The summed E-state index contributed by atoms with van der Waals surface area (Å²) in [5, 5.41) is 16.8. The zero-order chi connectivity index (χ0) is 40.9. The van der Waals surface area contributed by atoms with Gasteiger partial charge in [-0.2, -0.15) is 0 Å². The van der Waals surface area contributed by atoms with Crippen LogP contribution in [0.15, 0.2) is 0 Å². The quantitative estimate of drug-likeness (QED) is 0.0396. The number of amides is 6. The number of hydrogen-bond donors (Lipinski definition) is 8. The van der Waals surface area contributed by atoms with Gasteiger partial charge in [-0.3, -0.25) is 0 Å². The Hall–Kier alpha value is -2.61. The molecule has 0 aromatic heterocycles. The van der Waals surface area contributed by atoms with Gasteiger partial charge < -0.3 is 57.0 Å². The zero-order valence-corrected chi connectivity index (χ0v) is 37.2. The molecular weight excluding hydrogens is 713 g/mol. The van der Waals surface area contributed by atoms with Crippen molar-refractivity contribution < 1.29 is 32.8 Å². The average molecular weight is 793 g/mol. The van der Waals surface area contributed by atoms with Crippen LogP contribution in [-0.4, -0.2) is 104 Å². The second kappa shape index (κ2) is 30.7. The first-order valence-corrected chi connectivity index (χ1v) is 26.0. The Labute approximate surface area is 323 Å². The van der Waals surface area contributed by atoms with Crippen molar-refractivity contribution >= 4 is 40.9 Å². The van der Waals surface area contributed by atoms with E-state index in [1.54, 1.807) is 7.05 Å². The van der Waals surface area contributed by atoms with E-state index in [0.29, 0.717) is 13.1 Å². The van der Waals surface area contributed by atoms with E-state index in [0.717, 1.165) is 77.0 Å². The number of nitrogens with one attached hydrogen (secondary N) is 6. The fourth-order valence-electron chi connectivity index (χ4n) is 5.09. The van der Waals surface area contributed by atoms with Crippen LogP contribution < -0.4 is 43.4 Å². The van der Waals surface area contributed by atoms with Gasteiger partial charge in [0.25, 0.3) is 0 Å². The second-order valence-electron chi connectivity index (χ2n) is 15.7. The van der Waals surface area contributed by atoms with Crippen LogP contribution >= 0.6 is 0 Å². The van der Waals surface area contributed by atoms with Crippen LogP contribution in [0.25, 0.3) is 0 Å². The molecule has 0 heterocycles. The Morgan fingerprint density at radius 3 is 1.49 bits per heavy atom. The molecule has 0 aliphatic rings. The van der Waals surface area contributed by atoms with Gasteiger partial charge in [0.1, 0.15) is 12.5 Å². The highest BCUT2D eigenvalue weighted by molar-refractivity contribution is 6.84. The fraction of sp³-hybridized carbons (Fsp3) is 0.889. The van der Waals surface area contributed by atoms with E-state index in [1.807, 2.05) is 60.8 Å². The van der Waals surface area contributed by atoms with Crippen molar-refractivity contribution in [3.05, 3.63) is 0 Å². The lowest BCUT2D eigenvalue weighted by molar-refractivity contribution is 0.153. The lowest BCUT2D eigenvalue weighted by atomic mass is 10.1. The number of rotatable bonds is 26. The number of nitrogens with two attached hydrogens (primary N) is 2. The molecule has 0 radical (unpaired) electrons. The van der Waals surface area contributed by atoms with Crippen LogP contribution in [0.4, 0.5) is 19.2 Å². The smallest absolute Gasteiger partial charge is 0.407 e. The standard InChI is InChI=1S/C28H61N5O6Si2.C8H19N3O/c1-9-10-13-16-24(3)33-28(36)38-22-41(7,8)39-40(5,6)21-37-27(35)31-20-15-12-11-14-19-30-26(34)32-25(4)18-17-23(2)29;1-6(9)4-5-7(2)11-8(12)10-3/h23-25H,9-22,29H2,1-8H3,(H,31,35)(H,33,36)(H2,30,32,34);6-7H,4-5,9H2,1-3H3,(H2,10,11,12). The van der Waals surface area contributed by atoms with Crippen molar-refractivity contribution in [2.75, 3.05) is 32.6 Å². The zero-order valence-electron chi connectivity index (χ0n) is 35.2. The molecule has 0 aliphatic heterocycles. The third-order valence-electron chi connectivity index (χ3n) is 8.01. The molecule has 0 bridgehead atoms. The van der Waals surface area contributed by atoms with E-state index in [4.69, 9.17) is 25.1 Å². The van der Waals surface area contributed by atoms with E-state index < -0.39 is 28.8 Å². The van der Waals surface area contributed by atoms with Crippen molar-refractivity contribution in [1.29, 1.82) is 0 Å². The minimum Gasteiger partial charge on any atom is -0.451 e. The molecule has 17 heteroatoms. The summed E-state index contributed by atoms with van der Waals surface area (Å²) in [6.07, 6.45) is 11.2. The maximum atomic E-state index is 12.2. The largest absolute Gasteiger partial charge is 0.451 e. The minimum absolute atomic E-state index is 0.0812. The monoisotopic (exact) mass is 793 g/mol. The summed E-state index contributed by atoms with van der Waals surface area (Å²) in [5.74, 6) is 0. The number of alkyl carbamates (subject to hydrolysis) is 2. The summed E-state index contributed by atoms with van der Waals surface area (Å²) in [6.45, 7) is 21.2. The number of unbranched alkanes of at least 4 members (excludes halogenated alkanes) is 5. The summed E-state index contributed by atoms with van der Waals surface area (Å²) in [7, 11) is -2.99. The SMILES string of the molecule is CCCCCC(C)NC(=O)OC[Si](C)(C)O[Si](C)(C)COC(=O)NCCCCCCNC(=O)NC(C)CCC(C)N.CNC(=O)NC(C)CCC(C)N. The number of carbonyl (C=O) groups is 4. The van der Waals surface area contributed by atoms with Crippen LogP contribution in [0.3, 0.4) is 0 Å². The van der Waals surface area contributed by atoms with E-state index in [1.165, 1.54) is 0 Å². The molecule has 314 valence electrons. The summed E-state index contributed by atoms with van der Waals surface area (Å²) in [4.78, 5) is 47.0. The van der Waals surface area contributed by atoms with Crippen LogP contribution in [0.1, 0.15) is 119 Å². The second-order valence-corrected chi connectivity index (χ2v) is 24.1. The molecule has 5 atom stereocenters. The number of urea groups is 2. The Kier molecular flexibility index (Phi) is 30.4. The van der Waals surface area contributed by atoms with Gasteiger partial charge in [0.2, 0.25) is 16.6 Å². The van der Waals surface area contributed by atoms with Crippen molar-refractivity contribution in [3.8, 4) is 0 Å². The Morgan fingerprint density at radius 1 is 0.566 bits per heavy atom. The number of hydrogen-bond acceptors (Lipinski definition) is 9. The molecule has 0 spiro atoms. The summed E-state index contributed by atoms with van der Waals surface area (Å²) < 4.78 is 17.3. The van der Waals surface area contributed by atoms with Gasteiger partial charge in [0.05, 0.1) is 0 Å². The van der Waals surface area contributed by atoms with Crippen molar-refractivity contribution in [2.24, 2.45) is 11.5 Å². The maximum absolute atomic E-state index is 12.2. The van der Waals surface area contributed by atoms with Crippen molar-refractivity contribution in [2.45, 2.75) is 175 Å². The first kappa shape index (κ1) is 52.5. The third-order valence-corrected chi connectivity index (χ3v) is 14.1. The van der Waals surface area contributed by atoms with E-state index >= 15 is 0 Å². The molecule has 6 amide bonds. The van der Waals surface area contributed by atoms with Gasteiger partial charge in [-0.1, -0.05) is 39.0 Å². The van der Waals surface area contributed by atoms with Gasteiger partial charge in [-0.25, -0.2) is 19.2 Å². The topological polar surface area (TPSA) is 220 Å². The minimum atomic E-state index is -2.30. The molecule has 0 saturated heterocycles. The van der Waals surface area contributed by atoms with Crippen LogP contribution in [0.2, 0.25) is 26.2 Å². The van der Waals surface area contributed by atoms with Crippen molar-refractivity contribution in [1.82, 2.24) is 31.9 Å². The van der Waals surface area contributed by atoms with Gasteiger partial charge >= 0.3 is 24.2 Å². The van der Waals surface area contributed by atoms with Crippen molar-refractivity contribution in [3.63, 3.8) is 0 Å². The van der Waals surface area contributed by atoms with Gasteiger partial charge in [0, 0.05) is 50.3 Å². The summed E-state index contributed by atoms with van der Waals surface area (Å²) in [5.41, 5.74) is 11.3. The molecule has 15 nitrogen and oxygen atoms in total. The predicted octanol–water partition coefficient (Wildman–Crippen LogP) is 5.72. The maximum Gasteiger partial charge on any atom is 0.407 e. The highest BCUT2D eigenvalue weighted by atomic mass is 28.4. The average Bonchev–Trinajstić information content (AvgIpc) is 3.05. The van der Waals surface area contributed by atoms with E-state index in [9.17, 15) is 19.2 Å². The third kappa shape index (κ3) is 36.2. The van der Waals surface area contributed by atoms with E-state index in [2.05, 4.69) is 38.8 Å². The fourth-order valence-corrected chi connectivity index (χ4v) is 12.5. The Morgan fingerprint density at radius 2 is 1.02 bits per heavy atom. The highest BCUT2D eigenvalue weighted by Gasteiger charge is 2.35. The predicted molar refractivity (Wildman–Crippen MR) is 221 cm³/mol. The van der Waals surface area contributed by atoms with Gasteiger partial charge in [-0.05, 0) is 106 Å². The highest BCUT2D eigenvalue weighted by Crippen LogP contribution is 2.16. The number of ether oxygens (including phenoxy) is 2. The van der Waals surface area contributed by atoms with E-state index in [-0.39, 0.29) is 54.7 Å². The summed E-state index contributed by atoms with van der Waals surface area (Å²) >= 11 is 0. The lowest BCUT2D eigenvalue weighted by Gasteiger charge is -2.33.